The van der Waals surface area contributed by atoms with Crippen LogP contribution in [0.4, 0.5) is 5.82 Å². The smallest absolute Gasteiger partial charge is 0.127 e. The largest absolute Gasteiger partial charge is 0.384 e. The molecular formula is C16H24N4. The number of nitrogen functional groups attached to an aromatic ring is 1. The van der Waals surface area contributed by atoms with Crippen molar-refractivity contribution in [2.75, 3.05) is 19.8 Å². The van der Waals surface area contributed by atoms with Gasteiger partial charge in [-0.05, 0) is 31.8 Å². The molecule has 0 saturated heterocycles. The molecule has 0 unspecified atom stereocenters. The van der Waals surface area contributed by atoms with Crippen LogP contribution in [0, 0.1) is 0 Å². The van der Waals surface area contributed by atoms with Gasteiger partial charge in [-0.3, -0.25) is 0 Å². The average molecular weight is 272 g/mol. The Kier molecular flexibility index (Phi) is 3.86. The van der Waals surface area contributed by atoms with E-state index in [1.807, 2.05) is 6.07 Å². The summed E-state index contributed by atoms with van der Waals surface area (Å²) in [5, 5.41) is 4.62. The summed E-state index contributed by atoms with van der Waals surface area (Å²) in [6, 6.07) is 10.3. The number of benzene rings is 1. The van der Waals surface area contributed by atoms with Gasteiger partial charge in [0.1, 0.15) is 5.82 Å². The molecule has 108 valence electrons. The number of rotatable bonds is 3. The lowest BCUT2D eigenvalue weighted by Gasteiger charge is -2.14. The van der Waals surface area contributed by atoms with Gasteiger partial charge in [0.2, 0.25) is 0 Å². The lowest BCUT2D eigenvalue weighted by Crippen LogP contribution is -2.13. The summed E-state index contributed by atoms with van der Waals surface area (Å²) in [5.41, 5.74) is 9.37. The number of nitrogens with two attached hydrogens (primary N) is 1. The first kappa shape index (κ1) is 14.6. The number of nitrogens with zero attached hydrogens (tertiary/aromatic N) is 3. The third-order valence-corrected chi connectivity index (χ3v) is 3.19. The first-order valence-corrected chi connectivity index (χ1v) is 6.87. The standard InChI is InChI=1S/C16H24N4/c1-16(2,3)14-10-15(17)20(18-14)13-8-6-12(7-9-13)11-19(4)5/h6-10H,11,17H2,1-5H3. The number of hydrogen-bond donors (Lipinski definition) is 1. The third-order valence-electron chi connectivity index (χ3n) is 3.19. The molecule has 4 nitrogen and oxygen atoms in total. The minimum absolute atomic E-state index is 0.00420. The molecule has 2 rings (SSSR count). The van der Waals surface area contributed by atoms with Gasteiger partial charge in [-0.15, -0.1) is 0 Å². The molecule has 0 aliphatic heterocycles. The van der Waals surface area contributed by atoms with E-state index in [-0.39, 0.29) is 5.41 Å². The lowest BCUT2D eigenvalue weighted by molar-refractivity contribution is 0.402. The Hall–Kier alpha value is -1.81. The van der Waals surface area contributed by atoms with Gasteiger partial charge >= 0.3 is 0 Å². The highest BCUT2D eigenvalue weighted by Crippen LogP contribution is 2.24. The van der Waals surface area contributed by atoms with Crippen LogP contribution in [0.2, 0.25) is 0 Å². The number of aromatic nitrogens is 2. The van der Waals surface area contributed by atoms with E-state index in [9.17, 15) is 0 Å². The Morgan fingerprint density at radius 3 is 2.20 bits per heavy atom. The molecule has 0 amide bonds. The molecule has 0 bridgehead atoms. The van der Waals surface area contributed by atoms with Crippen molar-refractivity contribution in [2.45, 2.75) is 32.7 Å². The normalized spacial score (nSPS) is 12.1. The fourth-order valence-electron chi connectivity index (χ4n) is 2.08. The van der Waals surface area contributed by atoms with E-state index in [1.165, 1.54) is 5.56 Å². The van der Waals surface area contributed by atoms with Gasteiger partial charge in [0, 0.05) is 18.0 Å². The Labute approximate surface area is 121 Å². The van der Waals surface area contributed by atoms with Gasteiger partial charge in [-0.1, -0.05) is 32.9 Å². The Bertz CT molecular complexity index is 574. The van der Waals surface area contributed by atoms with E-state index >= 15 is 0 Å². The molecule has 0 aliphatic rings. The van der Waals surface area contributed by atoms with Crippen LogP contribution in [0.25, 0.3) is 5.69 Å². The molecule has 0 atom stereocenters. The van der Waals surface area contributed by atoms with Crippen molar-refractivity contribution in [3.05, 3.63) is 41.6 Å². The van der Waals surface area contributed by atoms with Crippen molar-refractivity contribution < 1.29 is 0 Å². The summed E-state index contributed by atoms with van der Waals surface area (Å²) < 4.78 is 1.81. The van der Waals surface area contributed by atoms with Crippen molar-refractivity contribution in [3.8, 4) is 5.69 Å². The molecule has 0 saturated carbocycles. The summed E-state index contributed by atoms with van der Waals surface area (Å²) >= 11 is 0. The van der Waals surface area contributed by atoms with Crippen molar-refractivity contribution in [1.82, 2.24) is 14.7 Å². The first-order chi connectivity index (χ1) is 9.27. The maximum Gasteiger partial charge on any atom is 0.127 e. The third kappa shape index (κ3) is 3.20. The zero-order valence-corrected chi connectivity index (χ0v) is 13.0. The highest BCUT2D eigenvalue weighted by atomic mass is 15.3. The van der Waals surface area contributed by atoms with E-state index in [0.29, 0.717) is 5.82 Å². The van der Waals surface area contributed by atoms with Gasteiger partial charge in [0.15, 0.2) is 0 Å². The summed E-state index contributed by atoms with van der Waals surface area (Å²) in [6.45, 7) is 7.35. The molecule has 1 aromatic heterocycles. The Morgan fingerprint density at radius 2 is 1.75 bits per heavy atom. The second-order valence-electron chi connectivity index (χ2n) is 6.52. The molecule has 2 aromatic rings. The molecule has 1 aromatic carbocycles. The fourth-order valence-corrected chi connectivity index (χ4v) is 2.08. The van der Waals surface area contributed by atoms with Crippen LogP contribution in [0.5, 0.6) is 0 Å². The predicted molar refractivity (Wildman–Crippen MR) is 84.1 cm³/mol. The maximum absolute atomic E-state index is 6.08. The van der Waals surface area contributed by atoms with Crippen molar-refractivity contribution in [2.24, 2.45) is 0 Å². The zero-order chi connectivity index (χ0) is 14.9. The molecule has 0 radical (unpaired) electrons. The second-order valence-corrected chi connectivity index (χ2v) is 6.52. The summed E-state index contributed by atoms with van der Waals surface area (Å²) in [5.74, 6) is 0.676. The van der Waals surface area contributed by atoms with Crippen molar-refractivity contribution in [1.29, 1.82) is 0 Å². The van der Waals surface area contributed by atoms with E-state index in [4.69, 9.17) is 5.73 Å². The van der Waals surface area contributed by atoms with Gasteiger partial charge in [0.05, 0.1) is 11.4 Å². The maximum atomic E-state index is 6.08. The summed E-state index contributed by atoms with van der Waals surface area (Å²) in [7, 11) is 4.13. The Balaban J connectivity index is 2.30. The quantitative estimate of drug-likeness (QED) is 0.934. The van der Waals surface area contributed by atoms with E-state index in [2.05, 4.69) is 69.1 Å². The van der Waals surface area contributed by atoms with Crippen LogP contribution in [0.1, 0.15) is 32.0 Å². The predicted octanol–water partition coefficient (Wildman–Crippen LogP) is 2.81. The van der Waals surface area contributed by atoms with Crippen LogP contribution < -0.4 is 5.73 Å². The topological polar surface area (TPSA) is 47.1 Å². The van der Waals surface area contributed by atoms with Crippen LogP contribution >= 0.6 is 0 Å². The Morgan fingerprint density at radius 1 is 1.15 bits per heavy atom. The molecule has 4 heteroatoms. The fraction of sp³-hybridized carbons (Fsp3) is 0.438. The van der Waals surface area contributed by atoms with Crippen molar-refractivity contribution in [3.63, 3.8) is 0 Å². The van der Waals surface area contributed by atoms with Gasteiger partial charge < -0.3 is 10.6 Å². The van der Waals surface area contributed by atoms with Gasteiger partial charge in [-0.2, -0.15) is 5.10 Å². The molecule has 1 heterocycles. The van der Waals surface area contributed by atoms with Crippen LogP contribution in [0.15, 0.2) is 30.3 Å². The molecular weight excluding hydrogens is 248 g/mol. The van der Waals surface area contributed by atoms with E-state index in [0.717, 1.165) is 17.9 Å². The van der Waals surface area contributed by atoms with Crippen LogP contribution in [0.3, 0.4) is 0 Å². The first-order valence-electron chi connectivity index (χ1n) is 6.87. The average Bonchev–Trinajstić information content (AvgIpc) is 2.71. The summed E-state index contributed by atoms with van der Waals surface area (Å²) in [6.07, 6.45) is 0. The van der Waals surface area contributed by atoms with Gasteiger partial charge in [0.25, 0.3) is 0 Å². The monoisotopic (exact) mass is 272 g/mol. The zero-order valence-electron chi connectivity index (χ0n) is 13.0. The van der Waals surface area contributed by atoms with E-state index in [1.54, 1.807) is 4.68 Å². The van der Waals surface area contributed by atoms with Crippen molar-refractivity contribution >= 4 is 5.82 Å². The highest BCUT2D eigenvalue weighted by molar-refractivity contribution is 5.44. The molecule has 2 N–H and O–H groups in total. The highest BCUT2D eigenvalue weighted by Gasteiger charge is 2.19. The second kappa shape index (κ2) is 5.29. The molecule has 0 aliphatic carbocycles. The molecule has 0 fully saturated rings. The number of hydrogen-bond acceptors (Lipinski definition) is 3. The SMILES string of the molecule is CN(C)Cc1ccc(-n2nc(C(C)(C)C)cc2N)cc1. The minimum Gasteiger partial charge on any atom is -0.384 e. The van der Waals surface area contributed by atoms with Crippen LogP contribution in [-0.4, -0.2) is 28.8 Å². The van der Waals surface area contributed by atoms with Gasteiger partial charge in [-0.25, -0.2) is 4.68 Å². The van der Waals surface area contributed by atoms with E-state index < -0.39 is 0 Å². The molecule has 20 heavy (non-hydrogen) atoms. The van der Waals surface area contributed by atoms with Crippen LogP contribution in [-0.2, 0) is 12.0 Å². The minimum atomic E-state index is 0.00420. The number of anilines is 1. The molecule has 0 spiro atoms. The summed E-state index contributed by atoms with van der Waals surface area (Å²) in [4.78, 5) is 2.15. The lowest BCUT2D eigenvalue weighted by atomic mass is 9.92.